The number of nitrogens with zero attached hydrogens (tertiary/aromatic N) is 3. The van der Waals surface area contributed by atoms with Crippen molar-refractivity contribution < 1.29 is 19.2 Å². The van der Waals surface area contributed by atoms with Crippen molar-refractivity contribution in [1.82, 2.24) is 19.7 Å². The molecule has 24 heavy (non-hydrogen) atoms. The summed E-state index contributed by atoms with van der Waals surface area (Å²) in [6, 6.07) is 8.96. The number of nitrogens with one attached hydrogen (secondary N) is 1. The standard InChI is InChI=1S/C15H8N4O5/c20-12-8-4-1-2-5-9(8)13(21)19(12)24-14(22)10-6-3-7-18-11(10)16-17-15(18)23/h1-7H,(H,17,23). The molecule has 1 aliphatic rings. The van der Waals surface area contributed by atoms with Crippen LogP contribution in [0.25, 0.3) is 5.65 Å². The first-order chi connectivity index (χ1) is 11.6. The number of pyridine rings is 1. The van der Waals surface area contributed by atoms with Gasteiger partial charge in [0.15, 0.2) is 5.65 Å². The van der Waals surface area contributed by atoms with Crippen LogP contribution in [0.3, 0.4) is 0 Å². The first kappa shape index (κ1) is 13.9. The maximum absolute atomic E-state index is 12.3. The number of aromatic nitrogens is 3. The van der Waals surface area contributed by atoms with Crippen molar-refractivity contribution in [2.24, 2.45) is 0 Å². The van der Waals surface area contributed by atoms with Crippen molar-refractivity contribution >= 4 is 23.4 Å². The Bertz CT molecular complexity index is 1050. The van der Waals surface area contributed by atoms with Gasteiger partial charge in [0.05, 0.1) is 11.1 Å². The highest BCUT2D eigenvalue weighted by Gasteiger charge is 2.39. The van der Waals surface area contributed by atoms with Crippen molar-refractivity contribution in [3.63, 3.8) is 0 Å². The molecule has 0 saturated carbocycles. The number of carbonyl (C=O) groups excluding carboxylic acids is 3. The van der Waals surface area contributed by atoms with Gasteiger partial charge in [0.2, 0.25) is 0 Å². The van der Waals surface area contributed by atoms with Gasteiger partial charge in [-0.1, -0.05) is 17.2 Å². The van der Waals surface area contributed by atoms with Gasteiger partial charge < -0.3 is 4.84 Å². The number of hydroxylamine groups is 2. The summed E-state index contributed by atoms with van der Waals surface area (Å²) in [5.41, 5.74) is -0.245. The molecule has 3 heterocycles. The number of hydrogen-bond donors (Lipinski definition) is 1. The summed E-state index contributed by atoms with van der Waals surface area (Å²) in [5.74, 6) is -2.43. The molecule has 2 aromatic heterocycles. The molecule has 1 aliphatic heterocycles. The number of amides is 2. The van der Waals surface area contributed by atoms with E-state index in [1.54, 1.807) is 12.1 Å². The minimum absolute atomic E-state index is 0.0316. The van der Waals surface area contributed by atoms with E-state index in [0.29, 0.717) is 5.06 Å². The molecule has 118 valence electrons. The predicted molar refractivity (Wildman–Crippen MR) is 78.2 cm³/mol. The molecule has 0 spiro atoms. The second kappa shape index (κ2) is 4.88. The number of carbonyl (C=O) groups is 3. The molecule has 9 nitrogen and oxygen atoms in total. The molecule has 1 N–H and O–H groups in total. The number of aromatic amines is 1. The largest absolute Gasteiger partial charge is 0.367 e. The van der Waals surface area contributed by atoms with E-state index in [1.165, 1.54) is 30.5 Å². The van der Waals surface area contributed by atoms with E-state index in [1.807, 2.05) is 0 Å². The summed E-state index contributed by atoms with van der Waals surface area (Å²) >= 11 is 0. The average Bonchev–Trinajstić information content (AvgIpc) is 3.09. The Morgan fingerprint density at radius 1 is 1.00 bits per heavy atom. The maximum Gasteiger partial charge on any atom is 0.367 e. The van der Waals surface area contributed by atoms with Crippen LogP contribution in [0.1, 0.15) is 31.1 Å². The lowest BCUT2D eigenvalue weighted by atomic mass is 10.1. The van der Waals surface area contributed by atoms with Gasteiger partial charge in [0.1, 0.15) is 5.56 Å². The zero-order valence-electron chi connectivity index (χ0n) is 11.9. The number of fused-ring (bicyclic) bond motifs is 2. The highest BCUT2D eigenvalue weighted by molar-refractivity contribution is 6.21. The molecular formula is C15H8N4O5. The molecule has 1 aromatic carbocycles. The minimum atomic E-state index is -0.978. The summed E-state index contributed by atoms with van der Waals surface area (Å²) in [5, 5.41) is 6.33. The third-order valence-corrected chi connectivity index (χ3v) is 3.59. The van der Waals surface area contributed by atoms with E-state index >= 15 is 0 Å². The lowest BCUT2D eigenvalue weighted by molar-refractivity contribution is -0.0583. The fraction of sp³-hybridized carbons (Fsp3) is 0. The monoisotopic (exact) mass is 324 g/mol. The summed E-state index contributed by atoms with van der Waals surface area (Å²) in [7, 11) is 0. The highest BCUT2D eigenvalue weighted by Crippen LogP contribution is 2.23. The quantitative estimate of drug-likeness (QED) is 0.682. The fourth-order valence-corrected chi connectivity index (χ4v) is 2.47. The van der Waals surface area contributed by atoms with Crippen LogP contribution in [-0.4, -0.2) is 37.4 Å². The van der Waals surface area contributed by atoms with Gasteiger partial charge in [0, 0.05) is 6.20 Å². The van der Waals surface area contributed by atoms with Gasteiger partial charge in [-0.15, -0.1) is 0 Å². The van der Waals surface area contributed by atoms with E-state index < -0.39 is 23.5 Å². The second-order valence-corrected chi connectivity index (χ2v) is 4.97. The number of H-pyrrole nitrogens is 1. The summed E-state index contributed by atoms with van der Waals surface area (Å²) in [6.07, 6.45) is 1.42. The Balaban J connectivity index is 1.69. The topological polar surface area (TPSA) is 114 Å². The van der Waals surface area contributed by atoms with Crippen molar-refractivity contribution in [3.8, 4) is 0 Å². The molecule has 9 heteroatoms. The van der Waals surface area contributed by atoms with Crippen LogP contribution in [0.4, 0.5) is 0 Å². The van der Waals surface area contributed by atoms with E-state index in [0.717, 1.165) is 4.40 Å². The van der Waals surface area contributed by atoms with E-state index in [9.17, 15) is 19.2 Å². The third kappa shape index (κ3) is 1.85. The van der Waals surface area contributed by atoms with Gasteiger partial charge in [-0.3, -0.25) is 9.59 Å². The minimum Gasteiger partial charge on any atom is -0.324 e. The van der Waals surface area contributed by atoms with Gasteiger partial charge in [-0.05, 0) is 24.3 Å². The summed E-state index contributed by atoms with van der Waals surface area (Å²) in [4.78, 5) is 53.2. The van der Waals surface area contributed by atoms with Crippen LogP contribution in [0.2, 0.25) is 0 Å². The summed E-state index contributed by atoms with van der Waals surface area (Å²) < 4.78 is 1.11. The van der Waals surface area contributed by atoms with Crippen LogP contribution < -0.4 is 5.69 Å². The maximum atomic E-state index is 12.3. The molecule has 0 radical (unpaired) electrons. The summed E-state index contributed by atoms with van der Waals surface area (Å²) in [6.45, 7) is 0. The van der Waals surface area contributed by atoms with E-state index in [2.05, 4.69) is 10.2 Å². The normalized spacial score (nSPS) is 13.4. The number of benzene rings is 1. The van der Waals surface area contributed by atoms with E-state index in [4.69, 9.17) is 4.84 Å². The van der Waals surface area contributed by atoms with Crippen molar-refractivity contribution in [1.29, 1.82) is 0 Å². The molecule has 4 rings (SSSR count). The average molecular weight is 324 g/mol. The number of imide groups is 1. The lowest BCUT2D eigenvalue weighted by Crippen LogP contribution is -2.32. The highest BCUT2D eigenvalue weighted by atomic mass is 16.7. The SMILES string of the molecule is O=C(ON1C(=O)c2ccccc2C1=O)c1cccn2c(=O)[nH]nc12. The molecule has 3 aromatic rings. The molecular weight excluding hydrogens is 316 g/mol. The fourth-order valence-electron chi connectivity index (χ4n) is 2.47. The second-order valence-electron chi connectivity index (χ2n) is 4.97. The Kier molecular flexibility index (Phi) is 2.82. The Morgan fingerprint density at radius 3 is 2.33 bits per heavy atom. The lowest BCUT2D eigenvalue weighted by Gasteiger charge is -2.12. The Hall–Kier alpha value is -3.75. The number of hydrogen-bond acceptors (Lipinski definition) is 6. The van der Waals surface area contributed by atoms with Gasteiger partial charge in [-0.25, -0.2) is 19.1 Å². The van der Waals surface area contributed by atoms with Crippen molar-refractivity contribution in [3.05, 3.63) is 69.8 Å². The van der Waals surface area contributed by atoms with Crippen molar-refractivity contribution in [2.75, 3.05) is 0 Å². The predicted octanol–water partition coefficient (Wildman–Crippen LogP) is 0.391. The van der Waals surface area contributed by atoms with Crippen LogP contribution >= 0.6 is 0 Å². The third-order valence-electron chi connectivity index (χ3n) is 3.59. The zero-order chi connectivity index (χ0) is 16.8. The molecule has 2 amide bonds. The smallest absolute Gasteiger partial charge is 0.324 e. The van der Waals surface area contributed by atoms with Gasteiger partial charge in [-0.2, -0.15) is 5.10 Å². The van der Waals surface area contributed by atoms with Gasteiger partial charge >= 0.3 is 11.7 Å². The molecule has 0 saturated heterocycles. The van der Waals surface area contributed by atoms with Crippen LogP contribution in [0.5, 0.6) is 0 Å². The molecule has 0 atom stereocenters. The van der Waals surface area contributed by atoms with Crippen LogP contribution in [-0.2, 0) is 4.84 Å². The molecule has 0 bridgehead atoms. The molecule has 0 aliphatic carbocycles. The van der Waals surface area contributed by atoms with Crippen molar-refractivity contribution in [2.45, 2.75) is 0 Å². The Labute approximate surface area is 133 Å². The molecule has 0 unspecified atom stereocenters. The van der Waals surface area contributed by atoms with Gasteiger partial charge in [0.25, 0.3) is 11.8 Å². The first-order valence-electron chi connectivity index (χ1n) is 6.84. The molecule has 0 fully saturated rings. The van der Waals surface area contributed by atoms with E-state index in [-0.39, 0.29) is 22.3 Å². The number of rotatable bonds is 2. The first-order valence-corrected chi connectivity index (χ1v) is 6.84. The van der Waals surface area contributed by atoms with Crippen LogP contribution in [0.15, 0.2) is 47.4 Å². The zero-order valence-corrected chi connectivity index (χ0v) is 11.9. The van der Waals surface area contributed by atoms with Crippen LogP contribution in [0, 0.1) is 0 Å². The Morgan fingerprint density at radius 2 is 1.67 bits per heavy atom.